The standard InChI is InChI=1S/C15H11N3O4S/c1-8-6-9(18(20)21)2-4-11(8)13-5-3-10(22-13)7-12-14(19)17-15(23)16-12/h2-7H,1H3,(H2,16,17,19,23). The van der Waals surface area contributed by atoms with Crippen LogP contribution < -0.4 is 10.6 Å². The van der Waals surface area contributed by atoms with E-state index in [2.05, 4.69) is 10.6 Å². The number of carbonyl (C=O) groups is 1. The maximum atomic E-state index is 11.6. The molecule has 1 aliphatic heterocycles. The van der Waals surface area contributed by atoms with E-state index in [0.29, 0.717) is 17.2 Å². The van der Waals surface area contributed by atoms with Gasteiger partial charge in [-0.25, -0.2) is 0 Å². The van der Waals surface area contributed by atoms with Crippen LogP contribution in [0.1, 0.15) is 11.3 Å². The van der Waals surface area contributed by atoms with Gasteiger partial charge in [0.1, 0.15) is 17.2 Å². The number of amides is 1. The molecule has 1 saturated heterocycles. The fourth-order valence-electron chi connectivity index (χ4n) is 2.24. The SMILES string of the molecule is Cc1cc([N+](=O)[O-])ccc1-c1ccc(C=C2NC(=S)NC2=O)o1. The number of furan rings is 1. The van der Waals surface area contributed by atoms with Crippen molar-refractivity contribution in [2.45, 2.75) is 6.92 Å². The molecule has 1 aromatic carbocycles. The number of hydrogen-bond donors (Lipinski definition) is 2. The lowest BCUT2D eigenvalue weighted by Crippen LogP contribution is -2.21. The lowest BCUT2D eigenvalue weighted by Gasteiger charge is -2.02. The minimum Gasteiger partial charge on any atom is -0.457 e. The summed E-state index contributed by atoms with van der Waals surface area (Å²) >= 11 is 4.85. The third kappa shape index (κ3) is 2.97. The summed E-state index contributed by atoms with van der Waals surface area (Å²) in [6.07, 6.45) is 1.54. The lowest BCUT2D eigenvalue weighted by atomic mass is 10.1. The molecule has 2 N–H and O–H groups in total. The van der Waals surface area contributed by atoms with E-state index in [4.69, 9.17) is 16.6 Å². The van der Waals surface area contributed by atoms with E-state index < -0.39 is 4.92 Å². The molecule has 0 radical (unpaired) electrons. The molecule has 1 fully saturated rings. The average Bonchev–Trinajstić information content (AvgIpc) is 3.06. The smallest absolute Gasteiger partial charge is 0.274 e. The molecule has 0 spiro atoms. The predicted molar refractivity (Wildman–Crippen MR) is 87.4 cm³/mol. The van der Waals surface area contributed by atoms with Gasteiger partial charge in [0.15, 0.2) is 5.11 Å². The molecule has 1 aliphatic rings. The Morgan fingerprint density at radius 3 is 2.65 bits per heavy atom. The van der Waals surface area contributed by atoms with Crippen molar-refractivity contribution in [1.29, 1.82) is 0 Å². The number of benzene rings is 1. The van der Waals surface area contributed by atoms with Crippen LogP contribution in [-0.2, 0) is 4.79 Å². The molecule has 1 aromatic heterocycles. The number of hydrogen-bond acceptors (Lipinski definition) is 5. The van der Waals surface area contributed by atoms with Crippen molar-refractivity contribution < 1.29 is 14.1 Å². The number of nitrogens with one attached hydrogen (secondary N) is 2. The van der Waals surface area contributed by atoms with E-state index in [0.717, 1.165) is 11.1 Å². The van der Waals surface area contributed by atoms with Gasteiger partial charge in [-0.15, -0.1) is 0 Å². The molecule has 0 atom stereocenters. The highest BCUT2D eigenvalue weighted by Crippen LogP contribution is 2.29. The van der Waals surface area contributed by atoms with Crippen LogP contribution >= 0.6 is 12.2 Å². The number of carbonyl (C=O) groups excluding carboxylic acids is 1. The van der Waals surface area contributed by atoms with Gasteiger partial charge in [-0.2, -0.15) is 0 Å². The first-order valence-electron chi connectivity index (χ1n) is 6.63. The summed E-state index contributed by atoms with van der Waals surface area (Å²) in [7, 11) is 0. The van der Waals surface area contributed by atoms with Crippen LogP contribution in [0.5, 0.6) is 0 Å². The molecule has 0 saturated carbocycles. The summed E-state index contributed by atoms with van der Waals surface area (Å²) in [5.41, 5.74) is 1.81. The molecular formula is C15H11N3O4S. The van der Waals surface area contributed by atoms with Crippen LogP contribution in [0.15, 0.2) is 40.4 Å². The summed E-state index contributed by atoms with van der Waals surface area (Å²) in [5.74, 6) is 0.713. The predicted octanol–water partition coefficient (Wildman–Crippen LogP) is 2.51. The number of nitro benzene ring substituents is 1. The zero-order valence-electron chi connectivity index (χ0n) is 12.0. The summed E-state index contributed by atoms with van der Waals surface area (Å²) in [6, 6.07) is 8.00. The Morgan fingerprint density at radius 1 is 1.26 bits per heavy atom. The van der Waals surface area contributed by atoms with Crippen LogP contribution in [0, 0.1) is 17.0 Å². The van der Waals surface area contributed by atoms with Crippen LogP contribution in [-0.4, -0.2) is 15.9 Å². The van der Waals surface area contributed by atoms with Crippen molar-refractivity contribution >= 4 is 35.0 Å². The van der Waals surface area contributed by atoms with E-state index >= 15 is 0 Å². The zero-order valence-corrected chi connectivity index (χ0v) is 12.8. The maximum absolute atomic E-state index is 11.6. The molecule has 0 aliphatic carbocycles. The first-order chi connectivity index (χ1) is 10.9. The van der Waals surface area contributed by atoms with Gasteiger partial charge in [-0.3, -0.25) is 20.2 Å². The second-order valence-electron chi connectivity index (χ2n) is 4.92. The van der Waals surface area contributed by atoms with Crippen molar-refractivity contribution in [3.05, 3.63) is 57.5 Å². The fraction of sp³-hybridized carbons (Fsp3) is 0.0667. The Balaban J connectivity index is 1.91. The highest BCUT2D eigenvalue weighted by Gasteiger charge is 2.20. The Labute approximate surface area is 136 Å². The Morgan fingerprint density at radius 2 is 2.04 bits per heavy atom. The number of aryl methyl sites for hydroxylation is 1. The van der Waals surface area contributed by atoms with Gasteiger partial charge < -0.3 is 9.73 Å². The van der Waals surface area contributed by atoms with E-state index in [1.54, 1.807) is 31.2 Å². The summed E-state index contributed by atoms with van der Waals surface area (Å²) in [6.45, 7) is 1.77. The monoisotopic (exact) mass is 329 g/mol. The molecule has 0 unspecified atom stereocenters. The van der Waals surface area contributed by atoms with E-state index in [1.807, 2.05) is 0 Å². The Kier molecular flexibility index (Phi) is 3.67. The average molecular weight is 329 g/mol. The molecule has 116 valence electrons. The summed E-state index contributed by atoms with van der Waals surface area (Å²) < 4.78 is 5.69. The highest BCUT2D eigenvalue weighted by molar-refractivity contribution is 7.80. The van der Waals surface area contributed by atoms with Crippen LogP contribution in [0.4, 0.5) is 5.69 Å². The number of nitrogens with zero attached hydrogens (tertiary/aromatic N) is 1. The van der Waals surface area contributed by atoms with Crippen LogP contribution in [0.2, 0.25) is 0 Å². The molecule has 8 heteroatoms. The van der Waals surface area contributed by atoms with Crippen molar-refractivity contribution in [3.63, 3.8) is 0 Å². The van der Waals surface area contributed by atoms with Crippen molar-refractivity contribution in [2.24, 2.45) is 0 Å². The molecule has 1 amide bonds. The summed E-state index contributed by atoms with van der Waals surface area (Å²) in [4.78, 5) is 21.9. The van der Waals surface area contributed by atoms with Crippen LogP contribution in [0.25, 0.3) is 17.4 Å². The number of nitro groups is 1. The third-order valence-electron chi connectivity index (χ3n) is 3.32. The van der Waals surface area contributed by atoms with E-state index in [9.17, 15) is 14.9 Å². The van der Waals surface area contributed by atoms with E-state index in [-0.39, 0.29) is 16.7 Å². The molecule has 2 aromatic rings. The van der Waals surface area contributed by atoms with Gasteiger partial charge in [0, 0.05) is 23.8 Å². The van der Waals surface area contributed by atoms with E-state index in [1.165, 1.54) is 12.1 Å². The molecule has 23 heavy (non-hydrogen) atoms. The quantitative estimate of drug-likeness (QED) is 0.389. The second kappa shape index (κ2) is 5.65. The molecule has 2 heterocycles. The second-order valence-corrected chi connectivity index (χ2v) is 5.33. The van der Waals surface area contributed by atoms with Gasteiger partial charge in [-0.1, -0.05) is 0 Å². The fourth-order valence-corrected chi connectivity index (χ4v) is 2.44. The molecular weight excluding hydrogens is 318 g/mol. The normalized spacial score (nSPS) is 15.6. The first kappa shape index (κ1) is 14.9. The molecule has 3 rings (SSSR count). The Bertz CT molecular complexity index is 869. The van der Waals surface area contributed by atoms with Gasteiger partial charge in [0.25, 0.3) is 11.6 Å². The number of non-ortho nitro benzene ring substituents is 1. The van der Waals surface area contributed by atoms with Crippen molar-refractivity contribution in [2.75, 3.05) is 0 Å². The number of thiocarbonyl (C=S) groups is 1. The molecule has 0 bridgehead atoms. The van der Waals surface area contributed by atoms with Crippen molar-refractivity contribution in [3.8, 4) is 11.3 Å². The lowest BCUT2D eigenvalue weighted by molar-refractivity contribution is -0.384. The minimum absolute atomic E-state index is 0.0282. The topological polar surface area (TPSA) is 97.4 Å². The number of rotatable bonds is 3. The summed E-state index contributed by atoms with van der Waals surface area (Å²) in [5, 5.41) is 16.2. The zero-order chi connectivity index (χ0) is 16.6. The van der Waals surface area contributed by atoms with Gasteiger partial charge in [0.05, 0.1) is 4.92 Å². The van der Waals surface area contributed by atoms with Gasteiger partial charge in [-0.05, 0) is 42.9 Å². The highest BCUT2D eigenvalue weighted by atomic mass is 32.1. The Hall–Kier alpha value is -3.00. The molecule has 7 nitrogen and oxygen atoms in total. The third-order valence-corrected chi connectivity index (χ3v) is 3.52. The minimum atomic E-state index is -0.442. The first-order valence-corrected chi connectivity index (χ1v) is 7.04. The van der Waals surface area contributed by atoms with Crippen LogP contribution in [0.3, 0.4) is 0 Å². The maximum Gasteiger partial charge on any atom is 0.274 e. The van der Waals surface area contributed by atoms with Gasteiger partial charge in [0.2, 0.25) is 0 Å². The largest absolute Gasteiger partial charge is 0.457 e. The van der Waals surface area contributed by atoms with Crippen molar-refractivity contribution in [1.82, 2.24) is 10.6 Å². The van der Waals surface area contributed by atoms with Gasteiger partial charge >= 0.3 is 0 Å².